The van der Waals surface area contributed by atoms with E-state index in [1.807, 2.05) is 0 Å². The smallest absolute Gasteiger partial charge is 0.188 e. The first kappa shape index (κ1) is 18.9. The van der Waals surface area contributed by atoms with Gasteiger partial charge >= 0.3 is 0 Å². The Morgan fingerprint density at radius 2 is 2.05 bits per heavy atom. The number of hydrogen-bond donors (Lipinski definition) is 2. The van der Waals surface area contributed by atoms with E-state index in [9.17, 15) is 0 Å². The number of hydrogen-bond acceptors (Lipinski definition) is 4. The maximum absolute atomic E-state index is 5.80. The third-order valence-corrected chi connectivity index (χ3v) is 3.64. The van der Waals surface area contributed by atoms with Crippen LogP contribution in [0.25, 0.3) is 0 Å². The molecule has 0 aromatic heterocycles. The molecule has 0 spiro atoms. The van der Waals surface area contributed by atoms with Crippen molar-refractivity contribution >= 4 is 29.9 Å². The van der Waals surface area contributed by atoms with Crippen LogP contribution in [0.5, 0.6) is 0 Å². The highest BCUT2D eigenvalue weighted by atomic mass is 127. The van der Waals surface area contributed by atoms with Crippen molar-refractivity contribution in [1.82, 2.24) is 5.32 Å². The van der Waals surface area contributed by atoms with E-state index in [0.29, 0.717) is 18.6 Å². The van der Waals surface area contributed by atoms with E-state index < -0.39 is 0 Å². The lowest BCUT2D eigenvalue weighted by atomic mass is 10.1. The van der Waals surface area contributed by atoms with Crippen molar-refractivity contribution in [3.8, 4) is 0 Å². The van der Waals surface area contributed by atoms with Crippen LogP contribution in [-0.4, -0.2) is 57.7 Å². The van der Waals surface area contributed by atoms with E-state index in [2.05, 4.69) is 10.3 Å². The highest BCUT2D eigenvalue weighted by Gasteiger charge is 2.15. The topological polar surface area (TPSA) is 78.1 Å². The zero-order valence-corrected chi connectivity index (χ0v) is 14.9. The average molecular weight is 413 g/mol. The van der Waals surface area contributed by atoms with Crippen LogP contribution < -0.4 is 11.1 Å². The lowest BCUT2D eigenvalue weighted by Gasteiger charge is -2.22. The number of nitrogens with one attached hydrogen (secondary N) is 1. The molecule has 1 unspecified atom stereocenters. The Balaban J connectivity index is 0.00000220. The second-order valence-corrected chi connectivity index (χ2v) is 5.32. The monoisotopic (exact) mass is 413 g/mol. The third kappa shape index (κ3) is 8.18. The molecule has 0 radical (unpaired) electrons. The summed E-state index contributed by atoms with van der Waals surface area (Å²) in [5.74, 6) is 0.506. The highest BCUT2D eigenvalue weighted by molar-refractivity contribution is 14.0. The summed E-state index contributed by atoms with van der Waals surface area (Å²) in [6.45, 7) is 4.73. The number of nitrogens with two attached hydrogens (primary N) is 1. The molecule has 2 aliphatic rings. The summed E-state index contributed by atoms with van der Waals surface area (Å²) >= 11 is 0. The van der Waals surface area contributed by atoms with Crippen molar-refractivity contribution in [2.24, 2.45) is 10.7 Å². The molecule has 0 aliphatic carbocycles. The third-order valence-electron chi connectivity index (χ3n) is 3.64. The van der Waals surface area contributed by atoms with Gasteiger partial charge in [0.25, 0.3) is 0 Å². The molecule has 6 nitrogen and oxygen atoms in total. The predicted octanol–water partition coefficient (Wildman–Crippen LogP) is 1.27. The van der Waals surface area contributed by atoms with Gasteiger partial charge in [0, 0.05) is 33.0 Å². The fourth-order valence-electron chi connectivity index (χ4n) is 2.43. The molecule has 0 aromatic carbocycles. The molecule has 0 saturated carbocycles. The molecule has 21 heavy (non-hydrogen) atoms. The Kier molecular flexibility index (Phi) is 10.3. The molecule has 2 aliphatic heterocycles. The zero-order valence-electron chi connectivity index (χ0n) is 12.6. The van der Waals surface area contributed by atoms with Crippen LogP contribution >= 0.6 is 24.0 Å². The minimum absolute atomic E-state index is 0. The van der Waals surface area contributed by atoms with Gasteiger partial charge in [-0.05, 0) is 32.1 Å². The Bertz CT molecular complexity index is 293. The van der Waals surface area contributed by atoms with Gasteiger partial charge in [0.2, 0.25) is 0 Å². The van der Waals surface area contributed by atoms with Crippen LogP contribution in [0.15, 0.2) is 4.99 Å². The summed E-state index contributed by atoms with van der Waals surface area (Å²) in [5, 5.41) is 3.11. The van der Waals surface area contributed by atoms with E-state index in [4.69, 9.17) is 19.9 Å². The first-order chi connectivity index (χ1) is 9.84. The number of aliphatic imine (C=N–C) groups is 1. The van der Waals surface area contributed by atoms with Gasteiger partial charge in [0.05, 0.1) is 18.8 Å². The summed E-state index contributed by atoms with van der Waals surface area (Å²) in [5.41, 5.74) is 5.80. The Morgan fingerprint density at radius 3 is 2.76 bits per heavy atom. The fraction of sp³-hybridized carbons (Fsp3) is 0.929. The van der Waals surface area contributed by atoms with Crippen LogP contribution in [0.1, 0.15) is 32.1 Å². The maximum Gasteiger partial charge on any atom is 0.188 e. The van der Waals surface area contributed by atoms with Crippen molar-refractivity contribution in [1.29, 1.82) is 0 Å². The van der Waals surface area contributed by atoms with Crippen LogP contribution in [0, 0.1) is 0 Å². The second-order valence-electron chi connectivity index (χ2n) is 5.32. The van der Waals surface area contributed by atoms with E-state index in [1.54, 1.807) is 0 Å². The molecule has 3 N–H and O–H groups in total. The van der Waals surface area contributed by atoms with Gasteiger partial charge in [0.1, 0.15) is 0 Å². The van der Waals surface area contributed by atoms with Gasteiger partial charge in [-0.1, -0.05) is 0 Å². The molecule has 2 rings (SSSR count). The van der Waals surface area contributed by atoms with E-state index in [-0.39, 0.29) is 30.1 Å². The Hall–Kier alpha value is -0.120. The Morgan fingerprint density at radius 1 is 1.24 bits per heavy atom. The summed E-state index contributed by atoms with van der Waals surface area (Å²) in [7, 11) is 0. The molecular formula is C14H28IN3O3. The van der Waals surface area contributed by atoms with Crippen molar-refractivity contribution < 1.29 is 14.2 Å². The SMILES string of the molecule is I.NC(=NCC1CCCO1)NCCCOC1CCOCC1. The van der Waals surface area contributed by atoms with Crippen molar-refractivity contribution in [3.63, 3.8) is 0 Å². The number of guanidine groups is 1. The first-order valence-electron chi connectivity index (χ1n) is 7.69. The zero-order chi connectivity index (χ0) is 14.0. The summed E-state index contributed by atoms with van der Waals surface area (Å²) in [4.78, 5) is 4.29. The molecule has 7 heteroatoms. The lowest BCUT2D eigenvalue weighted by Crippen LogP contribution is -2.34. The summed E-state index contributed by atoms with van der Waals surface area (Å²) in [6, 6.07) is 0. The molecule has 1 atom stereocenters. The quantitative estimate of drug-likeness (QED) is 0.285. The Labute approximate surface area is 144 Å². The standard InChI is InChI=1S/C14H27N3O3.HI/c15-14(17-11-13-3-1-7-20-13)16-6-2-8-19-12-4-9-18-10-5-12;/h12-13H,1-11H2,(H3,15,16,17);1H. The average Bonchev–Trinajstić information content (AvgIpc) is 2.99. The highest BCUT2D eigenvalue weighted by Crippen LogP contribution is 2.12. The number of halogens is 1. The molecule has 2 saturated heterocycles. The number of nitrogens with zero attached hydrogens (tertiary/aromatic N) is 1. The number of rotatable bonds is 7. The summed E-state index contributed by atoms with van der Waals surface area (Å²) < 4.78 is 16.6. The molecule has 0 amide bonds. The van der Waals surface area contributed by atoms with Gasteiger partial charge in [-0.3, -0.25) is 4.99 Å². The van der Waals surface area contributed by atoms with Crippen LogP contribution in [0.3, 0.4) is 0 Å². The number of ether oxygens (including phenoxy) is 3. The van der Waals surface area contributed by atoms with Crippen LogP contribution in [-0.2, 0) is 14.2 Å². The molecule has 0 aromatic rings. The van der Waals surface area contributed by atoms with Crippen molar-refractivity contribution in [2.75, 3.05) is 39.5 Å². The largest absolute Gasteiger partial charge is 0.381 e. The van der Waals surface area contributed by atoms with Gasteiger partial charge in [-0.15, -0.1) is 24.0 Å². The molecule has 2 fully saturated rings. The van der Waals surface area contributed by atoms with Gasteiger partial charge in [-0.2, -0.15) is 0 Å². The second kappa shape index (κ2) is 11.4. The molecular weight excluding hydrogens is 385 g/mol. The minimum atomic E-state index is 0. The predicted molar refractivity (Wildman–Crippen MR) is 93.3 cm³/mol. The van der Waals surface area contributed by atoms with Gasteiger partial charge in [-0.25, -0.2) is 0 Å². The minimum Gasteiger partial charge on any atom is -0.381 e. The van der Waals surface area contributed by atoms with Crippen molar-refractivity contribution in [3.05, 3.63) is 0 Å². The normalized spacial score (nSPS) is 23.8. The van der Waals surface area contributed by atoms with E-state index >= 15 is 0 Å². The molecule has 2 heterocycles. The maximum atomic E-state index is 5.80. The fourth-order valence-corrected chi connectivity index (χ4v) is 2.43. The van der Waals surface area contributed by atoms with Gasteiger partial charge < -0.3 is 25.3 Å². The van der Waals surface area contributed by atoms with E-state index in [0.717, 1.165) is 65.1 Å². The first-order valence-corrected chi connectivity index (χ1v) is 7.69. The van der Waals surface area contributed by atoms with Crippen LogP contribution in [0.4, 0.5) is 0 Å². The van der Waals surface area contributed by atoms with Gasteiger partial charge in [0.15, 0.2) is 5.96 Å². The molecule has 124 valence electrons. The molecule has 0 bridgehead atoms. The van der Waals surface area contributed by atoms with E-state index in [1.165, 1.54) is 0 Å². The van der Waals surface area contributed by atoms with Crippen LogP contribution in [0.2, 0.25) is 0 Å². The van der Waals surface area contributed by atoms with Crippen molar-refractivity contribution in [2.45, 2.75) is 44.3 Å². The summed E-state index contributed by atoms with van der Waals surface area (Å²) in [6.07, 6.45) is 5.82. The lowest BCUT2D eigenvalue weighted by molar-refractivity contribution is -0.0320.